The number of amides is 1. The first-order valence-corrected chi connectivity index (χ1v) is 13.5. The van der Waals surface area contributed by atoms with Crippen molar-refractivity contribution in [1.29, 1.82) is 0 Å². The van der Waals surface area contributed by atoms with E-state index in [-0.39, 0.29) is 31.4 Å². The van der Waals surface area contributed by atoms with Crippen LogP contribution in [0.1, 0.15) is 18.4 Å². The Morgan fingerprint density at radius 3 is 2.15 bits per heavy atom. The Bertz CT molecular complexity index is 1460. The molecule has 0 heterocycles. The maximum Gasteiger partial charge on any atom is 0.340 e. The van der Waals surface area contributed by atoms with Gasteiger partial charge in [0, 0.05) is 5.02 Å². The minimum Gasteiger partial charge on any atom is -0.379 e. The fraction of sp³-hybridized carbons (Fsp3) is 0.0952. The van der Waals surface area contributed by atoms with Gasteiger partial charge in [-0.25, -0.2) is 13.6 Å². The Kier molecular flexibility index (Phi) is 7.81. The summed E-state index contributed by atoms with van der Waals surface area (Å²) in [5, 5.41) is 7.56. The lowest BCUT2D eigenvalue weighted by molar-refractivity contribution is -0.117. The number of carbonyl (C=O) groups is 1. The molecule has 0 fully saturated rings. The Balaban J connectivity index is 1.80. The van der Waals surface area contributed by atoms with Gasteiger partial charge in [0.25, 0.3) is 0 Å². The van der Waals surface area contributed by atoms with Gasteiger partial charge in [-0.05, 0) is 48.9 Å². The highest BCUT2D eigenvalue weighted by molar-refractivity contribution is 7.89. The van der Waals surface area contributed by atoms with Gasteiger partial charge in [0.15, 0.2) is 0 Å². The zero-order valence-corrected chi connectivity index (χ0v) is 21.2. The number of hydrogen-bond acceptors (Lipinski definition) is 6. The Morgan fingerprint density at radius 2 is 1.56 bits per heavy atom. The molecule has 0 radical (unpaired) electrons. The van der Waals surface area contributed by atoms with Crippen molar-refractivity contribution in [2.75, 3.05) is 5.32 Å². The molecule has 1 atom stereocenters. The molecule has 0 saturated heterocycles. The van der Waals surface area contributed by atoms with Crippen LogP contribution in [0.25, 0.3) is 0 Å². The molecule has 13 heteroatoms. The molecule has 3 aromatic carbocycles. The lowest BCUT2D eigenvalue weighted by atomic mass is 10.0. The Morgan fingerprint density at radius 1 is 0.941 bits per heavy atom. The van der Waals surface area contributed by atoms with E-state index in [0.29, 0.717) is 5.56 Å². The van der Waals surface area contributed by atoms with Gasteiger partial charge in [-0.3, -0.25) is 4.79 Å². The molecule has 8 nitrogen and oxygen atoms in total. The number of nitrogens with two attached hydrogens (primary N) is 1. The first-order chi connectivity index (χ1) is 15.8. The zero-order valence-electron chi connectivity index (χ0n) is 17.3. The average molecular weight is 564 g/mol. The highest BCUT2D eigenvalue weighted by atomic mass is 35.5. The van der Waals surface area contributed by atoms with E-state index < -0.39 is 36.9 Å². The van der Waals surface area contributed by atoms with E-state index in [1.807, 2.05) is 0 Å². The Labute approximate surface area is 211 Å². The van der Waals surface area contributed by atoms with E-state index in [2.05, 4.69) is 5.32 Å². The zero-order chi connectivity index (χ0) is 25.3. The quantitative estimate of drug-likeness (QED) is 0.397. The molecule has 3 N–H and O–H groups in total. The molecule has 34 heavy (non-hydrogen) atoms. The van der Waals surface area contributed by atoms with Crippen LogP contribution in [0, 0.1) is 0 Å². The van der Waals surface area contributed by atoms with Crippen LogP contribution in [0.2, 0.25) is 15.1 Å². The molecule has 0 aromatic heterocycles. The number of rotatable bonds is 7. The molecule has 1 amide bonds. The van der Waals surface area contributed by atoms with Crippen LogP contribution in [0.5, 0.6) is 5.75 Å². The second kappa shape index (κ2) is 10.1. The van der Waals surface area contributed by atoms with Gasteiger partial charge in [-0.1, -0.05) is 59.1 Å². The largest absolute Gasteiger partial charge is 0.379 e. The second-order valence-corrected chi connectivity index (χ2v) is 11.3. The third-order valence-corrected chi connectivity index (χ3v) is 8.02. The molecule has 0 spiro atoms. The van der Waals surface area contributed by atoms with Crippen molar-refractivity contribution < 1.29 is 25.8 Å². The maximum absolute atomic E-state index is 12.8. The van der Waals surface area contributed by atoms with Gasteiger partial charge in [0.2, 0.25) is 15.9 Å². The molecular weight excluding hydrogens is 547 g/mol. The maximum atomic E-state index is 12.8. The van der Waals surface area contributed by atoms with Crippen molar-refractivity contribution in [3.63, 3.8) is 0 Å². The second-order valence-electron chi connectivity index (χ2n) is 7.06. The van der Waals surface area contributed by atoms with Gasteiger partial charge in [0.1, 0.15) is 15.5 Å². The molecule has 180 valence electrons. The topological polar surface area (TPSA) is 133 Å². The van der Waals surface area contributed by atoms with E-state index in [1.54, 1.807) is 13.0 Å². The van der Waals surface area contributed by atoms with Crippen molar-refractivity contribution in [2.24, 2.45) is 5.14 Å². The van der Waals surface area contributed by atoms with Gasteiger partial charge in [0.05, 0.1) is 21.7 Å². The van der Waals surface area contributed by atoms with E-state index in [4.69, 9.17) is 44.1 Å². The van der Waals surface area contributed by atoms with Crippen molar-refractivity contribution in [3.05, 3.63) is 81.3 Å². The third kappa shape index (κ3) is 6.01. The summed E-state index contributed by atoms with van der Waals surface area (Å²) in [6, 6.07) is 14.0. The minimum absolute atomic E-state index is 0.00872. The third-order valence-electron chi connectivity index (χ3n) is 4.64. The van der Waals surface area contributed by atoms with E-state index >= 15 is 0 Å². The molecule has 3 aromatic rings. The van der Waals surface area contributed by atoms with Crippen molar-refractivity contribution in [2.45, 2.75) is 22.6 Å². The highest BCUT2D eigenvalue weighted by Gasteiger charge is 2.24. The molecule has 0 aliphatic carbocycles. The lowest BCUT2D eigenvalue weighted by Gasteiger charge is -2.16. The van der Waals surface area contributed by atoms with Crippen LogP contribution >= 0.6 is 34.8 Å². The normalized spacial score (nSPS) is 12.7. The van der Waals surface area contributed by atoms with Crippen molar-refractivity contribution in [3.8, 4) is 5.75 Å². The fourth-order valence-corrected chi connectivity index (χ4v) is 5.95. The van der Waals surface area contributed by atoms with Crippen LogP contribution in [0.4, 0.5) is 5.69 Å². The number of anilines is 1. The molecule has 1 unspecified atom stereocenters. The van der Waals surface area contributed by atoms with Crippen molar-refractivity contribution in [1.82, 2.24) is 0 Å². The summed E-state index contributed by atoms with van der Waals surface area (Å²) < 4.78 is 53.9. The lowest BCUT2D eigenvalue weighted by Crippen LogP contribution is -2.22. The number of hydrogen-bond donors (Lipinski definition) is 2. The van der Waals surface area contributed by atoms with E-state index in [0.717, 1.165) is 0 Å². The molecule has 0 bridgehead atoms. The predicted molar refractivity (Wildman–Crippen MR) is 131 cm³/mol. The number of sulfonamides is 1. The number of primary sulfonamides is 1. The highest BCUT2D eigenvalue weighted by Crippen LogP contribution is 2.33. The fourth-order valence-electron chi connectivity index (χ4n) is 2.97. The molecule has 3 rings (SSSR count). The van der Waals surface area contributed by atoms with Crippen LogP contribution < -0.4 is 14.6 Å². The first kappa shape index (κ1) is 26.3. The average Bonchev–Trinajstić information content (AvgIpc) is 2.72. The van der Waals surface area contributed by atoms with Gasteiger partial charge < -0.3 is 9.50 Å². The summed E-state index contributed by atoms with van der Waals surface area (Å²) in [5.41, 5.74) is 0.327. The first-order valence-electron chi connectivity index (χ1n) is 9.41. The summed E-state index contributed by atoms with van der Waals surface area (Å²) in [5.74, 6) is -1.35. The summed E-state index contributed by atoms with van der Waals surface area (Å²) in [7, 11) is -8.42. The van der Waals surface area contributed by atoms with E-state index in [9.17, 15) is 21.6 Å². The number of carbonyl (C=O) groups excluding carboxylic acids is 1. The minimum atomic E-state index is -4.25. The molecule has 0 aliphatic heterocycles. The van der Waals surface area contributed by atoms with E-state index in [1.165, 1.54) is 54.6 Å². The monoisotopic (exact) mass is 562 g/mol. The van der Waals surface area contributed by atoms with Crippen LogP contribution in [0.15, 0.2) is 70.5 Å². The summed E-state index contributed by atoms with van der Waals surface area (Å²) in [6.07, 6.45) is 0. The SMILES string of the molecule is CC(C(=O)Nc1cc(Cl)cc(Cl)c1S(N)(=O)=O)c1ccc(OS(=O)(=O)c2ccccc2Cl)cc1. The number of benzene rings is 3. The smallest absolute Gasteiger partial charge is 0.340 e. The van der Waals surface area contributed by atoms with Crippen LogP contribution in [0.3, 0.4) is 0 Å². The molecule has 0 saturated carbocycles. The number of nitrogens with one attached hydrogen (secondary N) is 1. The van der Waals surface area contributed by atoms with Gasteiger partial charge >= 0.3 is 10.1 Å². The summed E-state index contributed by atoms with van der Waals surface area (Å²) in [6.45, 7) is 1.56. The molecule has 0 aliphatic rings. The van der Waals surface area contributed by atoms with Crippen LogP contribution in [-0.4, -0.2) is 22.7 Å². The van der Waals surface area contributed by atoms with Crippen LogP contribution in [-0.2, 0) is 24.9 Å². The predicted octanol–water partition coefficient (Wildman–Crippen LogP) is 4.80. The summed E-state index contributed by atoms with van der Waals surface area (Å²) in [4.78, 5) is 12.1. The van der Waals surface area contributed by atoms with Gasteiger partial charge in [-0.15, -0.1) is 0 Å². The number of halogens is 3. The van der Waals surface area contributed by atoms with Gasteiger partial charge in [-0.2, -0.15) is 8.42 Å². The summed E-state index contributed by atoms with van der Waals surface area (Å²) >= 11 is 17.8. The standard InChI is InChI=1S/C21H17Cl3N2O6S2/c1-12(21(27)26-18-11-14(22)10-17(24)20(18)33(25,28)29)13-6-8-15(9-7-13)32-34(30,31)19-5-3-2-4-16(19)23/h2-12H,1H3,(H,26,27)(H2,25,28,29). The van der Waals surface area contributed by atoms with Crippen molar-refractivity contribution >= 4 is 66.5 Å². The Hall–Kier alpha value is -2.34. The molecular formula is C21H17Cl3N2O6S2.